The summed E-state index contributed by atoms with van der Waals surface area (Å²) in [6.45, 7) is 8.96. The summed E-state index contributed by atoms with van der Waals surface area (Å²) in [6, 6.07) is 15.7. The summed E-state index contributed by atoms with van der Waals surface area (Å²) in [5, 5.41) is 1.69. The lowest BCUT2D eigenvalue weighted by Crippen LogP contribution is -2.46. The standard InChI is InChI=1S/C22H23ClN4OS/c1-16(17-5-9-20(28-2)10-6-17)15-26-11-13-27(14-12-26)22-24-21(25-29-22)18-3-7-19(23)8-4-18/h3-10H,1,11-15H2,2H3. The maximum absolute atomic E-state index is 5.97. The predicted octanol–water partition coefficient (Wildman–Crippen LogP) is 4.70. The molecule has 0 unspecified atom stereocenters. The molecule has 4 rings (SSSR count). The molecule has 1 fully saturated rings. The minimum Gasteiger partial charge on any atom is -0.497 e. The van der Waals surface area contributed by atoms with Crippen LogP contribution in [-0.2, 0) is 0 Å². The molecule has 150 valence electrons. The quantitative estimate of drug-likeness (QED) is 0.571. The average molecular weight is 427 g/mol. The summed E-state index contributed by atoms with van der Waals surface area (Å²) >= 11 is 7.42. The van der Waals surface area contributed by atoms with Crippen LogP contribution >= 0.6 is 23.1 Å². The Bertz CT molecular complexity index is 963. The molecular weight excluding hydrogens is 404 g/mol. The first-order valence-electron chi connectivity index (χ1n) is 9.51. The van der Waals surface area contributed by atoms with Crippen LogP contribution in [0.3, 0.4) is 0 Å². The minimum absolute atomic E-state index is 0.719. The van der Waals surface area contributed by atoms with Crippen LogP contribution in [-0.4, -0.2) is 54.1 Å². The molecule has 5 nitrogen and oxygen atoms in total. The first-order chi connectivity index (χ1) is 14.1. The molecule has 0 spiro atoms. The van der Waals surface area contributed by atoms with Gasteiger partial charge in [0.05, 0.1) is 7.11 Å². The molecule has 0 aliphatic carbocycles. The number of hydrogen-bond donors (Lipinski definition) is 0. The van der Waals surface area contributed by atoms with Gasteiger partial charge in [-0.15, -0.1) is 0 Å². The number of halogens is 1. The van der Waals surface area contributed by atoms with Gasteiger partial charge in [-0.3, -0.25) is 4.90 Å². The SMILES string of the molecule is C=C(CN1CCN(c2nc(-c3ccc(Cl)cc3)ns2)CC1)c1ccc(OC)cc1. The van der Waals surface area contributed by atoms with E-state index in [0.29, 0.717) is 0 Å². The summed E-state index contributed by atoms with van der Waals surface area (Å²) in [6.07, 6.45) is 0. The number of piperazine rings is 1. The fourth-order valence-corrected chi connectivity index (χ4v) is 4.21. The normalized spacial score (nSPS) is 14.8. The van der Waals surface area contributed by atoms with Crippen LogP contribution in [0.1, 0.15) is 5.56 Å². The summed E-state index contributed by atoms with van der Waals surface area (Å²) in [7, 11) is 1.68. The van der Waals surface area contributed by atoms with Crippen LogP contribution in [0.2, 0.25) is 5.02 Å². The molecule has 1 aliphatic rings. The highest BCUT2D eigenvalue weighted by Crippen LogP contribution is 2.26. The van der Waals surface area contributed by atoms with Crippen molar-refractivity contribution in [3.63, 3.8) is 0 Å². The van der Waals surface area contributed by atoms with E-state index in [1.54, 1.807) is 7.11 Å². The van der Waals surface area contributed by atoms with Crippen molar-refractivity contribution >= 4 is 33.8 Å². The van der Waals surface area contributed by atoms with Gasteiger partial charge in [-0.05, 0) is 47.5 Å². The van der Waals surface area contributed by atoms with Gasteiger partial charge in [-0.25, -0.2) is 0 Å². The van der Waals surface area contributed by atoms with Crippen LogP contribution in [0.15, 0.2) is 55.1 Å². The third kappa shape index (κ3) is 4.78. The Hall–Kier alpha value is -2.41. The highest BCUT2D eigenvalue weighted by molar-refractivity contribution is 7.09. The molecule has 1 saturated heterocycles. The molecule has 2 aromatic carbocycles. The zero-order chi connectivity index (χ0) is 20.2. The number of nitrogens with zero attached hydrogens (tertiary/aromatic N) is 4. The van der Waals surface area contributed by atoms with E-state index in [0.717, 1.165) is 71.2 Å². The Balaban J connectivity index is 1.32. The van der Waals surface area contributed by atoms with Crippen molar-refractivity contribution in [3.8, 4) is 17.1 Å². The molecule has 0 atom stereocenters. The smallest absolute Gasteiger partial charge is 0.205 e. The number of rotatable bonds is 6. The van der Waals surface area contributed by atoms with Crippen LogP contribution in [0.25, 0.3) is 17.0 Å². The van der Waals surface area contributed by atoms with Crippen LogP contribution in [0.5, 0.6) is 5.75 Å². The van der Waals surface area contributed by atoms with Crippen molar-refractivity contribution < 1.29 is 4.74 Å². The highest BCUT2D eigenvalue weighted by Gasteiger charge is 2.21. The zero-order valence-corrected chi connectivity index (χ0v) is 17.9. The van der Waals surface area contributed by atoms with E-state index >= 15 is 0 Å². The first-order valence-corrected chi connectivity index (χ1v) is 10.7. The van der Waals surface area contributed by atoms with Crippen LogP contribution in [0, 0.1) is 0 Å². The topological polar surface area (TPSA) is 41.5 Å². The molecule has 29 heavy (non-hydrogen) atoms. The number of aromatic nitrogens is 2. The number of benzene rings is 2. The van der Waals surface area contributed by atoms with Gasteiger partial charge in [0, 0.05) is 54.8 Å². The summed E-state index contributed by atoms with van der Waals surface area (Å²) in [5.41, 5.74) is 3.28. The Morgan fingerprint density at radius 3 is 2.41 bits per heavy atom. The molecule has 3 aromatic rings. The van der Waals surface area contributed by atoms with Crippen LogP contribution in [0.4, 0.5) is 5.13 Å². The van der Waals surface area contributed by atoms with Gasteiger partial charge in [-0.1, -0.05) is 30.3 Å². The van der Waals surface area contributed by atoms with E-state index in [4.69, 9.17) is 21.3 Å². The van der Waals surface area contributed by atoms with Gasteiger partial charge in [0.1, 0.15) is 5.75 Å². The Labute approximate surface area is 180 Å². The van der Waals surface area contributed by atoms with Gasteiger partial charge in [0.25, 0.3) is 0 Å². The second kappa shape index (κ2) is 8.95. The molecular formula is C22H23ClN4OS. The predicted molar refractivity (Wildman–Crippen MR) is 121 cm³/mol. The van der Waals surface area contributed by atoms with E-state index in [2.05, 4.69) is 32.9 Å². The molecule has 0 radical (unpaired) electrons. The lowest BCUT2D eigenvalue weighted by atomic mass is 10.1. The summed E-state index contributed by atoms with van der Waals surface area (Å²) < 4.78 is 9.75. The Morgan fingerprint density at radius 1 is 1.07 bits per heavy atom. The van der Waals surface area contributed by atoms with E-state index < -0.39 is 0 Å². The lowest BCUT2D eigenvalue weighted by molar-refractivity contribution is 0.288. The lowest BCUT2D eigenvalue weighted by Gasteiger charge is -2.34. The van der Waals surface area contributed by atoms with E-state index in [9.17, 15) is 0 Å². The zero-order valence-electron chi connectivity index (χ0n) is 16.3. The van der Waals surface area contributed by atoms with Crippen molar-refractivity contribution in [1.29, 1.82) is 0 Å². The third-order valence-electron chi connectivity index (χ3n) is 5.07. The minimum atomic E-state index is 0.719. The van der Waals surface area contributed by atoms with Gasteiger partial charge in [-0.2, -0.15) is 9.36 Å². The van der Waals surface area contributed by atoms with E-state index in [-0.39, 0.29) is 0 Å². The van der Waals surface area contributed by atoms with Crippen molar-refractivity contribution in [2.24, 2.45) is 0 Å². The number of methoxy groups -OCH3 is 1. The molecule has 2 heterocycles. The van der Waals surface area contributed by atoms with E-state index in [1.807, 2.05) is 36.4 Å². The maximum Gasteiger partial charge on any atom is 0.205 e. The van der Waals surface area contributed by atoms with Crippen molar-refractivity contribution in [2.45, 2.75) is 0 Å². The Kier molecular flexibility index (Phi) is 6.13. The number of hydrogen-bond acceptors (Lipinski definition) is 6. The Morgan fingerprint density at radius 2 is 1.76 bits per heavy atom. The molecule has 7 heteroatoms. The largest absolute Gasteiger partial charge is 0.497 e. The van der Waals surface area contributed by atoms with E-state index in [1.165, 1.54) is 11.5 Å². The molecule has 0 bridgehead atoms. The molecule has 1 aliphatic heterocycles. The van der Waals surface area contributed by atoms with Gasteiger partial charge in [0.15, 0.2) is 5.82 Å². The molecule has 0 N–H and O–H groups in total. The fraction of sp³-hybridized carbons (Fsp3) is 0.273. The summed E-state index contributed by atoms with van der Waals surface area (Å²) in [4.78, 5) is 9.47. The highest BCUT2D eigenvalue weighted by atomic mass is 35.5. The summed E-state index contributed by atoms with van der Waals surface area (Å²) in [5.74, 6) is 1.63. The maximum atomic E-state index is 5.97. The second-order valence-electron chi connectivity index (χ2n) is 7.00. The van der Waals surface area contributed by atoms with Crippen molar-refractivity contribution in [1.82, 2.24) is 14.3 Å². The van der Waals surface area contributed by atoms with Gasteiger partial charge >= 0.3 is 0 Å². The van der Waals surface area contributed by atoms with Crippen molar-refractivity contribution in [3.05, 3.63) is 65.7 Å². The third-order valence-corrected chi connectivity index (χ3v) is 6.10. The second-order valence-corrected chi connectivity index (χ2v) is 8.17. The first kappa shape index (κ1) is 19.9. The number of ether oxygens (including phenoxy) is 1. The van der Waals surface area contributed by atoms with Gasteiger partial charge < -0.3 is 9.64 Å². The van der Waals surface area contributed by atoms with Gasteiger partial charge in [0.2, 0.25) is 5.13 Å². The molecule has 0 amide bonds. The van der Waals surface area contributed by atoms with Crippen LogP contribution < -0.4 is 9.64 Å². The number of anilines is 1. The average Bonchev–Trinajstić information content (AvgIpc) is 3.25. The van der Waals surface area contributed by atoms with Crippen molar-refractivity contribution in [2.75, 3.05) is 44.7 Å². The molecule has 1 aromatic heterocycles. The molecule has 0 saturated carbocycles. The monoisotopic (exact) mass is 426 g/mol. The fourth-order valence-electron chi connectivity index (χ4n) is 3.35.